The molecule has 3 N–H and O–H groups in total. The zero-order valence-electron chi connectivity index (χ0n) is 39.1. The molecule has 0 fully saturated rings. The van der Waals surface area contributed by atoms with E-state index in [9.17, 15) is 19.8 Å². The van der Waals surface area contributed by atoms with E-state index < -0.39 is 18.2 Å². The minimum atomic E-state index is -0.790. The zero-order valence-corrected chi connectivity index (χ0v) is 39.1. The molecule has 0 aromatic rings. The lowest BCUT2D eigenvalue weighted by molar-refractivity contribution is -0.151. The van der Waals surface area contributed by atoms with Crippen molar-refractivity contribution in [1.82, 2.24) is 5.32 Å². The van der Waals surface area contributed by atoms with Crippen molar-refractivity contribution in [3.8, 4) is 0 Å². The standard InChI is InChI=1S/C53H97NO5/c1-4-7-10-13-16-19-21-23-24-25-26-27-28-29-31-34-37-40-43-46-53(58)59-49(44-41-38-35-33-30-22-20-17-14-11-8-5-2)47-52(57)54-50(48-55)51(56)45-42-39-36-32-18-15-12-9-6-3/h16,19,23-24,26-27,29,31,49-51,55-56H,4-15,17-18,20-22,25,28,30,32-48H2,1-3H3,(H,54,57)/b19-16-,24-23-,27-26-,31-29-. The Bertz CT molecular complexity index is 1020. The number of allylic oxidation sites excluding steroid dienone is 8. The highest BCUT2D eigenvalue weighted by Gasteiger charge is 2.24. The van der Waals surface area contributed by atoms with Gasteiger partial charge in [0.1, 0.15) is 6.10 Å². The molecule has 0 heterocycles. The first kappa shape index (κ1) is 56.8. The third kappa shape index (κ3) is 42.3. The normalized spacial score (nSPS) is 13.6. The average Bonchev–Trinajstić information content (AvgIpc) is 3.23. The number of amides is 1. The lowest BCUT2D eigenvalue weighted by atomic mass is 10.0. The molecule has 0 saturated carbocycles. The highest BCUT2D eigenvalue weighted by atomic mass is 16.5. The molecule has 1 amide bonds. The highest BCUT2D eigenvalue weighted by molar-refractivity contribution is 5.77. The summed E-state index contributed by atoms with van der Waals surface area (Å²) in [6.45, 7) is 6.43. The van der Waals surface area contributed by atoms with Gasteiger partial charge >= 0.3 is 5.97 Å². The van der Waals surface area contributed by atoms with Gasteiger partial charge in [0.05, 0.1) is 25.2 Å². The second kappa shape index (κ2) is 46.9. The first-order valence-corrected chi connectivity index (χ1v) is 25.4. The number of ether oxygens (including phenoxy) is 1. The SMILES string of the molecule is CCCCC/C=C\C/C=C\C/C=C\C/C=C\CCCCCC(=O)OC(CCCCCCCCCCCCCC)CC(=O)NC(CO)C(O)CCCCCCCCCCC. The van der Waals surface area contributed by atoms with Gasteiger partial charge in [-0.1, -0.05) is 217 Å². The van der Waals surface area contributed by atoms with Crippen LogP contribution in [0, 0.1) is 0 Å². The third-order valence-electron chi connectivity index (χ3n) is 11.4. The largest absolute Gasteiger partial charge is 0.462 e. The van der Waals surface area contributed by atoms with Gasteiger partial charge in [0.15, 0.2) is 0 Å². The second-order valence-corrected chi connectivity index (χ2v) is 17.2. The number of rotatable bonds is 45. The van der Waals surface area contributed by atoms with E-state index >= 15 is 0 Å². The predicted octanol–water partition coefficient (Wildman–Crippen LogP) is 15.1. The van der Waals surface area contributed by atoms with Gasteiger partial charge in [0.25, 0.3) is 0 Å². The second-order valence-electron chi connectivity index (χ2n) is 17.2. The molecular weight excluding hydrogens is 731 g/mol. The fourth-order valence-electron chi connectivity index (χ4n) is 7.53. The summed E-state index contributed by atoms with van der Waals surface area (Å²) in [5.41, 5.74) is 0. The maximum Gasteiger partial charge on any atom is 0.306 e. The Morgan fingerprint density at radius 3 is 1.32 bits per heavy atom. The molecule has 0 aliphatic rings. The third-order valence-corrected chi connectivity index (χ3v) is 11.4. The van der Waals surface area contributed by atoms with Crippen molar-refractivity contribution in [3.05, 3.63) is 48.6 Å². The molecule has 59 heavy (non-hydrogen) atoms. The molecular formula is C53H97NO5. The van der Waals surface area contributed by atoms with E-state index in [0.29, 0.717) is 19.3 Å². The molecule has 0 aromatic carbocycles. The van der Waals surface area contributed by atoms with Crippen molar-refractivity contribution in [2.45, 2.75) is 270 Å². The molecule has 0 spiro atoms. The number of esters is 1. The summed E-state index contributed by atoms with van der Waals surface area (Å²) in [5.74, 6) is -0.505. The monoisotopic (exact) mass is 828 g/mol. The van der Waals surface area contributed by atoms with Crippen LogP contribution in [0.15, 0.2) is 48.6 Å². The van der Waals surface area contributed by atoms with E-state index in [-0.39, 0.29) is 24.9 Å². The van der Waals surface area contributed by atoms with Crippen molar-refractivity contribution in [2.24, 2.45) is 0 Å². The van der Waals surface area contributed by atoms with Gasteiger partial charge in [-0.2, -0.15) is 0 Å². The molecule has 0 saturated heterocycles. The number of hydrogen-bond acceptors (Lipinski definition) is 5. The zero-order chi connectivity index (χ0) is 43.1. The smallest absolute Gasteiger partial charge is 0.306 e. The van der Waals surface area contributed by atoms with E-state index in [1.165, 1.54) is 128 Å². The molecule has 0 bridgehead atoms. The minimum Gasteiger partial charge on any atom is -0.462 e. The van der Waals surface area contributed by atoms with Crippen LogP contribution in [-0.2, 0) is 14.3 Å². The Morgan fingerprint density at radius 2 is 0.864 bits per heavy atom. The van der Waals surface area contributed by atoms with Gasteiger partial charge in [0.2, 0.25) is 5.91 Å². The lowest BCUT2D eigenvalue weighted by Crippen LogP contribution is -2.46. The molecule has 6 nitrogen and oxygen atoms in total. The van der Waals surface area contributed by atoms with Crippen LogP contribution in [0.2, 0.25) is 0 Å². The number of aliphatic hydroxyl groups excluding tert-OH is 2. The van der Waals surface area contributed by atoms with Gasteiger partial charge in [-0.25, -0.2) is 0 Å². The molecule has 344 valence electrons. The van der Waals surface area contributed by atoms with Crippen LogP contribution in [0.5, 0.6) is 0 Å². The van der Waals surface area contributed by atoms with Gasteiger partial charge in [-0.05, 0) is 70.6 Å². The van der Waals surface area contributed by atoms with Gasteiger partial charge < -0.3 is 20.3 Å². The average molecular weight is 828 g/mol. The van der Waals surface area contributed by atoms with Crippen molar-refractivity contribution >= 4 is 11.9 Å². The topological polar surface area (TPSA) is 95.9 Å². The number of carbonyl (C=O) groups excluding carboxylic acids is 2. The molecule has 6 heteroatoms. The molecule has 3 unspecified atom stereocenters. The molecule has 0 radical (unpaired) electrons. The molecule has 0 aromatic heterocycles. The summed E-state index contributed by atoms with van der Waals surface area (Å²) in [7, 11) is 0. The summed E-state index contributed by atoms with van der Waals surface area (Å²) in [6, 6.07) is -0.704. The van der Waals surface area contributed by atoms with E-state index in [1.54, 1.807) is 0 Å². The van der Waals surface area contributed by atoms with Crippen molar-refractivity contribution in [3.63, 3.8) is 0 Å². The molecule has 3 atom stereocenters. The molecule has 0 aliphatic carbocycles. The number of nitrogens with one attached hydrogen (secondary N) is 1. The predicted molar refractivity (Wildman–Crippen MR) is 255 cm³/mol. The van der Waals surface area contributed by atoms with Crippen LogP contribution < -0.4 is 5.32 Å². The molecule has 0 rings (SSSR count). The van der Waals surface area contributed by atoms with Crippen LogP contribution in [-0.4, -0.2) is 46.9 Å². The van der Waals surface area contributed by atoms with Crippen molar-refractivity contribution in [2.75, 3.05) is 6.61 Å². The fraction of sp³-hybridized carbons (Fsp3) is 0.811. The van der Waals surface area contributed by atoms with E-state index in [1.807, 2.05) is 0 Å². The molecule has 0 aliphatic heterocycles. The number of carbonyl (C=O) groups is 2. The Morgan fingerprint density at radius 1 is 0.492 bits per heavy atom. The summed E-state index contributed by atoms with van der Waals surface area (Å²) >= 11 is 0. The summed E-state index contributed by atoms with van der Waals surface area (Å²) in [6.07, 6.45) is 56.0. The first-order chi connectivity index (χ1) is 29.0. The van der Waals surface area contributed by atoms with Crippen molar-refractivity contribution < 1.29 is 24.5 Å². The van der Waals surface area contributed by atoms with E-state index in [2.05, 4.69) is 74.7 Å². The first-order valence-electron chi connectivity index (χ1n) is 25.4. The lowest BCUT2D eigenvalue weighted by Gasteiger charge is -2.24. The quantitative estimate of drug-likeness (QED) is 0.0323. The Kier molecular flexibility index (Phi) is 45.1. The highest BCUT2D eigenvalue weighted by Crippen LogP contribution is 2.18. The van der Waals surface area contributed by atoms with Crippen LogP contribution in [0.3, 0.4) is 0 Å². The van der Waals surface area contributed by atoms with Gasteiger partial charge in [-0.15, -0.1) is 0 Å². The van der Waals surface area contributed by atoms with Crippen LogP contribution in [0.25, 0.3) is 0 Å². The van der Waals surface area contributed by atoms with Crippen LogP contribution in [0.4, 0.5) is 0 Å². The Balaban J connectivity index is 4.58. The van der Waals surface area contributed by atoms with Gasteiger partial charge in [-0.3, -0.25) is 9.59 Å². The summed E-state index contributed by atoms with van der Waals surface area (Å²) < 4.78 is 5.91. The van der Waals surface area contributed by atoms with Crippen LogP contribution >= 0.6 is 0 Å². The maximum absolute atomic E-state index is 13.2. The maximum atomic E-state index is 13.2. The minimum absolute atomic E-state index is 0.0666. The summed E-state index contributed by atoms with van der Waals surface area (Å²) in [5, 5.41) is 23.6. The number of aliphatic hydroxyl groups is 2. The van der Waals surface area contributed by atoms with Crippen LogP contribution in [0.1, 0.15) is 252 Å². The summed E-state index contributed by atoms with van der Waals surface area (Å²) in [4.78, 5) is 26.1. The van der Waals surface area contributed by atoms with E-state index in [0.717, 1.165) is 77.0 Å². The Hall–Kier alpha value is -2.18. The van der Waals surface area contributed by atoms with Crippen molar-refractivity contribution in [1.29, 1.82) is 0 Å². The van der Waals surface area contributed by atoms with Gasteiger partial charge in [0, 0.05) is 6.42 Å². The number of unbranched alkanes of at least 4 members (excludes halogenated alkanes) is 25. The van der Waals surface area contributed by atoms with E-state index in [4.69, 9.17) is 4.74 Å². The Labute approximate surface area is 366 Å². The fourth-order valence-corrected chi connectivity index (χ4v) is 7.53. The number of hydrogen-bond donors (Lipinski definition) is 3.